The van der Waals surface area contributed by atoms with Crippen molar-refractivity contribution in [3.8, 4) is 11.1 Å². The molecule has 3 aromatic rings. The van der Waals surface area contributed by atoms with E-state index in [1.165, 1.54) is 18.7 Å². The highest BCUT2D eigenvalue weighted by molar-refractivity contribution is 5.92. The number of hydrogen-bond donors (Lipinski definition) is 1. The van der Waals surface area contributed by atoms with Crippen LogP contribution < -0.4 is 10.2 Å². The summed E-state index contributed by atoms with van der Waals surface area (Å²) in [6.45, 7) is 9.65. The Hall–Kier alpha value is -3.27. The minimum atomic E-state index is -4.32. The monoisotopic (exact) mass is 529 g/mol. The highest BCUT2D eigenvalue weighted by Gasteiger charge is 2.53. The van der Waals surface area contributed by atoms with Crippen LogP contribution in [0.4, 0.5) is 29.3 Å². The van der Waals surface area contributed by atoms with Crippen molar-refractivity contribution in [2.45, 2.75) is 40.3 Å². The number of rotatable bonds is 4. The molecule has 10 heteroatoms. The lowest BCUT2D eigenvalue weighted by Crippen LogP contribution is -2.41. The van der Waals surface area contributed by atoms with Crippen molar-refractivity contribution in [1.82, 2.24) is 14.3 Å². The molecule has 1 N–H and O–H groups in total. The van der Waals surface area contributed by atoms with Crippen LogP contribution >= 0.6 is 0 Å². The third kappa shape index (κ3) is 4.81. The molecule has 0 spiro atoms. The van der Waals surface area contributed by atoms with Gasteiger partial charge in [0.2, 0.25) is 0 Å². The summed E-state index contributed by atoms with van der Waals surface area (Å²) in [5.74, 6) is -0.636. The molecular weight excluding hydrogens is 495 g/mol. The molecule has 2 aliphatic rings. The van der Waals surface area contributed by atoms with Gasteiger partial charge in [0.1, 0.15) is 0 Å². The van der Waals surface area contributed by atoms with Crippen molar-refractivity contribution in [3.05, 3.63) is 47.9 Å². The van der Waals surface area contributed by atoms with Gasteiger partial charge in [0.15, 0.2) is 5.65 Å². The summed E-state index contributed by atoms with van der Waals surface area (Å²) in [7, 11) is 0. The van der Waals surface area contributed by atoms with Gasteiger partial charge in [0.05, 0.1) is 24.3 Å². The number of imidazole rings is 1. The molecule has 0 saturated carbocycles. The molecule has 1 aromatic carbocycles. The highest BCUT2D eigenvalue weighted by Crippen LogP contribution is 2.47. The van der Waals surface area contributed by atoms with Crippen LogP contribution in [0.3, 0.4) is 0 Å². The summed E-state index contributed by atoms with van der Waals surface area (Å²) in [5, 5.41) is 2.97. The van der Waals surface area contributed by atoms with E-state index in [0.717, 1.165) is 46.7 Å². The molecule has 2 saturated heterocycles. The zero-order chi connectivity index (χ0) is 27.2. The Morgan fingerprint density at radius 1 is 1.08 bits per heavy atom. The van der Waals surface area contributed by atoms with E-state index < -0.39 is 17.5 Å². The number of halogens is 3. The van der Waals surface area contributed by atoms with Crippen molar-refractivity contribution >= 4 is 23.1 Å². The average Bonchev–Trinajstić information content (AvgIpc) is 3.55. The van der Waals surface area contributed by atoms with E-state index in [1.54, 1.807) is 6.20 Å². The van der Waals surface area contributed by atoms with Crippen LogP contribution in [0.2, 0.25) is 0 Å². The summed E-state index contributed by atoms with van der Waals surface area (Å²) in [5.41, 5.74) is 4.60. The van der Waals surface area contributed by atoms with Gasteiger partial charge in [-0.05, 0) is 55.0 Å². The number of pyridine rings is 1. The first-order valence-corrected chi connectivity index (χ1v) is 13.0. The molecule has 38 heavy (non-hydrogen) atoms. The fraction of sp³-hybridized carbons (Fsp3) is 0.500. The Bertz CT molecular complexity index is 1340. The van der Waals surface area contributed by atoms with Crippen molar-refractivity contribution in [2.24, 2.45) is 11.3 Å². The van der Waals surface area contributed by atoms with E-state index in [2.05, 4.69) is 21.3 Å². The second-order valence-electron chi connectivity index (χ2n) is 10.9. The molecule has 1 unspecified atom stereocenters. The highest BCUT2D eigenvalue weighted by atomic mass is 19.4. The number of anilines is 2. The number of fused-ring (bicyclic) bond motifs is 1. The van der Waals surface area contributed by atoms with Gasteiger partial charge in [-0.2, -0.15) is 13.2 Å². The number of nitrogens with one attached hydrogen (secondary N) is 1. The van der Waals surface area contributed by atoms with Crippen LogP contribution in [0.15, 0.2) is 36.8 Å². The van der Waals surface area contributed by atoms with Gasteiger partial charge >= 0.3 is 12.2 Å². The van der Waals surface area contributed by atoms with Gasteiger partial charge in [-0.25, -0.2) is 9.78 Å². The molecule has 5 rings (SSSR count). The normalized spacial score (nSPS) is 18.9. The van der Waals surface area contributed by atoms with E-state index >= 15 is 0 Å². The SMILES string of the molecule is Cc1cc(C)c(-c2cc(N3CCOCC3)c3nccn3c2)cc1NC(=O)N1CCC(C(C)(C)C(F)(F)F)C1. The fourth-order valence-corrected chi connectivity index (χ4v) is 5.46. The van der Waals surface area contributed by atoms with Gasteiger partial charge in [-0.3, -0.25) is 0 Å². The van der Waals surface area contributed by atoms with E-state index in [9.17, 15) is 18.0 Å². The fourth-order valence-electron chi connectivity index (χ4n) is 5.46. The molecule has 2 aliphatic heterocycles. The first kappa shape index (κ1) is 26.3. The van der Waals surface area contributed by atoms with Gasteiger partial charge in [0, 0.05) is 56.0 Å². The number of carbonyl (C=O) groups is 1. The average molecular weight is 530 g/mol. The summed E-state index contributed by atoms with van der Waals surface area (Å²) in [4.78, 5) is 21.4. The molecule has 2 fully saturated rings. The number of nitrogens with zero attached hydrogens (tertiary/aromatic N) is 4. The lowest BCUT2D eigenvalue weighted by atomic mass is 9.77. The molecule has 1 atom stereocenters. The number of likely N-dealkylation sites (tertiary alicyclic amines) is 1. The molecule has 0 bridgehead atoms. The third-order valence-corrected chi connectivity index (χ3v) is 8.17. The quantitative estimate of drug-likeness (QED) is 0.457. The molecule has 0 radical (unpaired) electrons. The van der Waals surface area contributed by atoms with E-state index in [4.69, 9.17) is 4.74 Å². The second-order valence-corrected chi connectivity index (χ2v) is 10.9. The smallest absolute Gasteiger partial charge is 0.378 e. The number of ether oxygens (including phenoxy) is 1. The number of amides is 2. The molecule has 7 nitrogen and oxygen atoms in total. The van der Waals surface area contributed by atoms with Crippen molar-refractivity contribution in [1.29, 1.82) is 0 Å². The van der Waals surface area contributed by atoms with Crippen molar-refractivity contribution in [2.75, 3.05) is 49.6 Å². The summed E-state index contributed by atoms with van der Waals surface area (Å²) >= 11 is 0. The number of aromatic nitrogens is 2. The largest absolute Gasteiger partial charge is 0.394 e. The molecule has 0 aliphatic carbocycles. The summed E-state index contributed by atoms with van der Waals surface area (Å²) < 4.78 is 48.2. The van der Waals surface area contributed by atoms with E-state index in [1.807, 2.05) is 42.8 Å². The van der Waals surface area contributed by atoms with E-state index in [0.29, 0.717) is 31.9 Å². The first-order valence-electron chi connectivity index (χ1n) is 13.0. The standard InChI is InChI=1S/C28H34F3N5O2/c1-18-13-19(2)23(33-26(37)36-7-5-21(17-36)27(3,4)28(29,30)31)15-22(18)20-14-24(34-9-11-38-12-10-34)25-32-6-8-35(25)16-20/h6,8,13-16,21H,5,7,9-12,17H2,1-4H3,(H,33,37). The van der Waals surface area contributed by atoms with Crippen LogP contribution in [0.5, 0.6) is 0 Å². The summed E-state index contributed by atoms with van der Waals surface area (Å²) in [6.07, 6.45) is 1.73. The molecule has 204 valence electrons. The Balaban J connectivity index is 1.41. The molecule has 4 heterocycles. The van der Waals surface area contributed by atoms with Gasteiger partial charge in [-0.15, -0.1) is 0 Å². The Kier molecular flexibility index (Phi) is 6.79. The van der Waals surface area contributed by atoms with Gasteiger partial charge < -0.3 is 24.3 Å². The zero-order valence-electron chi connectivity index (χ0n) is 22.2. The first-order chi connectivity index (χ1) is 18.0. The molecular formula is C28H34F3N5O2. The number of alkyl halides is 3. The topological polar surface area (TPSA) is 62.1 Å². The Morgan fingerprint density at radius 2 is 1.82 bits per heavy atom. The van der Waals surface area contributed by atoms with Crippen LogP contribution in [-0.2, 0) is 4.74 Å². The lowest BCUT2D eigenvalue weighted by molar-refractivity contribution is -0.227. The lowest BCUT2D eigenvalue weighted by Gasteiger charge is -2.33. The molecule has 2 aromatic heterocycles. The summed E-state index contributed by atoms with van der Waals surface area (Å²) in [6, 6.07) is 5.73. The maximum atomic E-state index is 13.5. The predicted molar refractivity (Wildman–Crippen MR) is 142 cm³/mol. The molecule has 2 amide bonds. The van der Waals surface area contributed by atoms with Crippen LogP contribution in [0.1, 0.15) is 31.4 Å². The number of morpholine rings is 1. The maximum absolute atomic E-state index is 13.5. The number of hydrogen-bond acceptors (Lipinski definition) is 4. The van der Waals surface area contributed by atoms with Crippen LogP contribution in [0.25, 0.3) is 16.8 Å². The van der Waals surface area contributed by atoms with Crippen LogP contribution in [0, 0.1) is 25.2 Å². The third-order valence-electron chi connectivity index (χ3n) is 8.17. The Morgan fingerprint density at radius 3 is 2.53 bits per heavy atom. The minimum Gasteiger partial charge on any atom is -0.378 e. The van der Waals surface area contributed by atoms with E-state index in [-0.39, 0.29) is 12.6 Å². The number of carbonyl (C=O) groups excluding carboxylic acids is 1. The Labute approximate surface area is 220 Å². The van der Waals surface area contributed by atoms with Crippen molar-refractivity contribution < 1.29 is 22.7 Å². The predicted octanol–water partition coefficient (Wildman–Crippen LogP) is 5.90. The number of urea groups is 1. The zero-order valence-corrected chi connectivity index (χ0v) is 22.2. The van der Waals surface area contributed by atoms with Crippen molar-refractivity contribution in [3.63, 3.8) is 0 Å². The maximum Gasteiger partial charge on any atom is 0.394 e. The van der Waals surface area contributed by atoms with Gasteiger partial charge in [-0.1, -0.05) is 19.9 Å². The second kappa shape index (κ2) is 9.80. The minimum absolute atomic E-state index is 0.0797. The van der Waals surface area contributed by atoms with Crippen LogP contribution in [-0.4, -0.2) is 65.9 Å². The number of benzene rings is 1. The number of aryl methyl sites for hydroxylation is 2. The van der Waals surface area contributed by atoms with Gasteiger partial charge in [0.25, 0.3) is 0 Å².